The summed E-state index contributed by atoms with van der Waals surface area (Å²) in [5.41, 5.74) is 0. The van der Waals surface area contributed by atoms with Crippen molar-refractivity contribution >= 4 is 11.9 Å². The van der Waals surface area contributed by atoms with Crippen LogP contribution in [0.4, 0.5) is 4.79 Å². The van der Waals surface area contributed by atoms with Gasteiger partial charge >= 0.3 is 6.09 Å². The van der Waals surface area contributed by atoms with Crippen molar-refractivity contribution in [3.8, 4) is 0 Å². The van der Waals surface area contributed by atoms with Crippen LogP contribution in [0.5, 0.6) is 0 Å². The number of Topliss-reactive ketones (excluding diaryl/α,β-unsaturated/α-hetero) is 1. The minimum Gasteiger partial charge on any atom is -0.465 e. The first-order valence-corrected chi connectivity index (χ1v) is 4.66. The molecular weight excluding hydrogens is 170 g/mol. The molecule has 13 heavy (non-hydrogen) atoms. The van der Waals surface area contributed by atoms with Crippen molar-refractivity contribution in [2.24, 2.45) is 11.8 Å². The molecule has 1 saturated heterocycles. The molecule has 0 aromatic heterocycles. The number of ketones is 1. The average Bonchev–Trinajstić information content (AvgIpc) is 2.46. The second kappa shape index (κ2) is 3.01. The third kappa shape index (κ3) is 1.53. The highest BCUT2D eigenvalue weighted by molar-refractivity contribution is 5.79. The van der Waals surface area contributed by atoms with Gasteiger partial charge in [0.15, 0.2) is 0 Å². The number of likely N-dealkylation sites (tertiary alicyclic amines) is 1. The standard InChI is InChI=1S/C9H13NO3/c11-8-2-1-6-4-10(9(12)13)5-7(6)3-8/h6-7H,1-5H2,(H,12,13)/t6-,7+/m0/s1. The fourth-order valence-corrected chi connectivity index (χ4v) is 2.39. The molecule has 1 saturated carbocycles. The summed E-state index contributed by atoms with van der Waals surface area (Å²) in [6, 6.07) is 0. The number of nitrogens with zero attached hydrogens (tertiary/aromatic N) is 1. The zero-order valence-electron chi connectivity index (χ0n) is 7.40. The van der Waals surface area contributed by atoms with Gasteiger partial charge in [-0.1, -0.05) is 0 Å². The molecule has 1 aliphatic carbocycles. The van der Waals surface area contributed by atoms with Crippen LogP contribution in [0.25, 0.3) is 0 Å². The Morgan fingerprint density at radius 1 is 1.38 bits per heavy atom. The predicted molar refractivity (Wildman–Crippen MR) is 45.4 cm³/mol. The number of carboxylic acid groups (broad SMARTS) is 1. The molecule has 1 amide bonds. The highest BCUT2D eigenvalue weighted by atomic mass is 16.4. The minimum atomic E-state index is -0.846. The molecule has 1 N–H and O–H groups in total. The molecule has 4 nitrogen and oxygen atoms in total. The number of hydrogen-bond donors (Lipinski definition) is 1. The van der Waals surface area contributed by atoms with Crippen LogP contribution in [0.1, 0.15) is 19.3 Å². The van der Waals surface area contributed by atoms with Crippen LogP contribution < -0.4 is 0 Å². The fourth-order valence-electron chi connectivity index (χ4n) is 2.39. The number of carbonyl (C=O) groups is 2. The lowest BCUT2D eigenvalue weighted by atomic mass is 9.81. The Labute approximate surface area is 76.5 Å². The minimum absolute atomic E-state index is 0.300. The van der Waals surface area contributed by atoms with Crippen molar-refractivity contribution in [2.45, 2.75) is 19.3 Å². The second-order valence-electron chi connectivity index (χ2n) is 3.99. The first-order valence-electron chi connectivity index (χ1n) is 4.66. The topological polar surface area (TPSA) is 57.6 Å². The Morgan fingerprint density at radius 2 is 2.08 bits per heavy atom. The van der Waals surface area contributed by atoms with E-state index in [1.54, 1.807) is 0 Å². The molecule has 72 valence electrons. The lowest BCUT2D eigenvalue weighted by Crippen LogP contribution is -2.26. The van der Waals surface area contributed by atoms with Crippen molar-refractivity contribution in [3.05, 3.63) is 0 Å². The van der Waals surface area contributed by atoms with Crippen molar-refractivity contribution in [1.82, 2.24) is 4.90 Å². The highest BCUT2D eigenvalue weighted by Gasteiger charge is 2.38. The highest BCUT2D eigenvalue weighted by Crippen LogP contribution is 2.34. The van der Waals surface area contributed by atoms with Crippen LogP contribution in [-0.4, -0.2) is 35.0 Å². The van der Waals surface area contributed by atoms with Crippen LogP contribution in [-0.2, 0) is 4.79 Å². The summed E-state index contributed by atoms with van der Waals surface area (Å²) in [7, 11) is 0. The van der Waals surface area contributed by atoms with E-state index < -0.39 is 6.09 Å². The first-order chi connectivity index (χ1) is 6.16. The zero-order chi connectivity index (χ0) is 9.42. The summed E-state index contributed by atoms with van der Waals surface area (Å²) >= 11 is 0. The van der Waals surface area contributed by atoms with E-state index in [0.29, 0.717) is 43.6 Å². The third-order valence-electron chi connectivity index (χ3n) is 3.13. The fraction of sp³-hybridized carbons (Fsp3) is 0.778. The van der Waals surface area contributed by atoms with E-state index in [0.717, 1.165) is 6.42 Å². The lowest BCUT2D eigenvalue weighted by molar-refractivity contribution is -0.122. The van der Waals surface area contributed by atoms with Gasteiger partial charge in [0.1, 0.15) is 5.78 Å². The number of amides is 1. The molecule has 4 heteroatoms. The van der Waals surface area contributed by atoms with Gasteiger partial charge in [0.2, 0.25) is 0 Å². The van der Waals surface area contributed by atoms with Gasteiger partial charge in [-0.2, -0.15) is 0 Å². The van der Waals surface area contributed by atoms with Gasteiger partial charge in [0, 0.05) is 25.9 Å². The van der Waals surface area contributed by atoms with E-state index in [9.17, 15) is 9.59 Å². The summed E-state index contributed by atoms with van der Waals surface area (Å²) in [6.07, 6.45) is 1.28. The van der Waals surface area contributed by atoms with Gasteiger partial charge < -0.3 is 10.0 Å². The Morgan fingerprint density at radius 3 is 2.77 bits per heavy atom. The Kier molecular flexibility index (Phi) is 1.98. The normalized spacial score (nSPS) is 33.2. The SMILES string of the molecule is O=C1CC[C@H]2CN(C(=O)O)C[C@H]2C1. The van der Waals surface area contributed by atoms with Crippen molar-refractivity contribution < 1.29 is 14.7 Å². The predicted octanol–water partition coefficient (Wildman–Crippen LogP) is 0.965. The molecule has 0 radical (unpaired) electrons. The number of rotatable bonds is 0. The second-order valence-corrected chi connectivity index (χ2v) is 3.99. The Balaban J connectivity index is 2.02. The summed E-state index contributed by atoms with van der Waals surface area (Å²) in [6.45, 7) is 1.19. The van der Waals surface area contributed by atoms with E-state index in [1.807, 2.05) is 0 Å². The van der Waals surface area contributed by atoms with Gasteiger partial charge in [-0.3, -0.25) is 4.79 Å². The molecule has 0 aromatic rings. The summed E-state index contributed by atoms with van der Waals surface area (Å²) in [5.74, 6) is 1.04. The van der Waals surface area contributed by atoms with E-state index >= 15 is 0 Å². The summed E-state index contributed by atoms with van der Waals surface area (Å²) < 4.78 is 0. The van der Waals surface area contributed by atoms with Gasteiger partial charge in [-0.25, -0.2) is 4.79 Å². The van der Waals surface area contributed by atoms with E-state index in [4.69, 9.17) is 5.11 Å². The molecule has 1 aliphatic heterocycles. The van der Waals surface area contributed by atoms with Crippen molar-refractivity contribution in [2.75, 3.05) is 13.1 Å². The van der Waals surface area contributed by atoms with Crippen LogP contribution >= 0.6 is 0 Å². The maximum absolute atomic E-state index is 11.1. The molecule has 2 fully saturated rings. The largest absolute Gasteiger partial charge is 0.465 e. The number of hydrogen-bond acceptors (Lipinski definition) is 2. The smallest absolute Gasteiger partial charge is 0.407 e. The quantitative estimate of drug-likeness (QED) is 0.608. The van der Waals surface area contributed by atoms with Crippen LogP contribution in [0.2, 0.25) is 0 Å². The number of carbonyl (C=O) groups excluding carboxylic acids is 1. The lowest BCUT2D eigenvalue weighted by Gasteiger charge is -2.21. The zero-order valence-corrected chi connectivity index (χ0v) is 7.40. The van der Waals surface area contributed by atoms with Crippen molar-refractivity contribution in [3.63, 3.8) is 0 Å². The van der Waals surface area contributed by atoms with Crippen molar-refractivity contribution in [1.29, 1.82) is 0 Å². The van der Waals surface area contributed by atoms with E-state index in [2.05, 4.69) is 0 Å². The molecule has 2 aliphatic rings. The van der Waals surface area contributed by atoms with Crippen LogP contribution in [0, 0.1) is 11.8 Å². The first kappa shape index (κ1) is 8.53. The van der Waals surface area contributed by atoms with Crippen LogP contribution in [0.3, 0.4) is 0 Å². The van der Waals surface area contributed by atoms with Gasteiger partial charge in [-0.15, -0.1) is 0 Å². The molecule has 0 bridgehead atoms. The number of fused-ring (bicyclic) bond motifs is 1. The van der Waals surface area contributed by atoms with Gasteiger partial charge in [0.25, 0.3) is 0 Å². The van der Waals surface area contributed by atoms with E-state index in [-0.39, 0.29) is 0 Å². The maximum atomic E-state index is 11.1. The Bertz CT molecular complexity index is 251. The third-order valence-corrected chi connectivity index (χ3v) is 3.13. The molecule has 0 spiro atoms. The summed E-state index contributed by atoms with van der Waals surface area (Å²) in [4.78, 5) is 23.2. The monoisotopic (exact) mass is 183 g/mol. The molecule has 2 rings (SSSR count). The van der Waals surface area contributed by atoms with E-state index in [1.165, 1.54) is 4.90 Å². The Hall–Kier alpha value is -1.06. The molecule has 0 aromatic carbocycles. The maximum Gasteiger partial charge on any atom is 0.407 e. The van der Waals surface area contributed by atoms with Gasteiger partial charge in [0.05, 0.1) is 0 Å². The van der Waals surface area contributed by atoms with Gasteiger partial charge in [-0.05, 0) is 18.3 Å². The molecule has 0 unspecified atom stereocenters. The van der Waals surface area contributed by atoms with Crippen LogP contribution in [0.15, 0.2) is 0 Å². The average molecular weight is 183 g/mol. The molecule has 1 heterocycles. The molecule has 2 atom stereocenters. The summed E-state index contributed by atoms with van der Waals surface area (Å²) in [5, 5.41) is 8.77. The molecular formula is C9H13NO3.